The molecule has 18 heteroatoms. The van der Waals surface area contributed by atoms with Crippen molar-refractivity contribution in [1.82, 2.24) is 29.4 Å². The molecule has 0 aromatic heterocycles. The Hall–Kier alpha value is -2.77. The molecule has 2 saturated heterocycles. The van der Waals surface area contributed by atoms with Gasteiger partial charge in [-0.3, -0.25) is 44.1 Å². The maximum atomic E-state index is 12.3. The molecular weight excluding hydrogens is 757 g/mol. The predicted molar refractivity (Wildman–Crippen MR) is 216 cm³/mol. The van der Waals surface area contributed by atoms with Gasteiger partial charge in [-0.1, -0.05) is 18.2 Å². The molecule has 2 fully saturated rings. The molecule has 0 saturated carbocycles. The van der Waals surface area contributed by atoms with Crippen LogP contribution in [-0.4, -0.2) is 188 Å². The number of benzene rings is 2. The zero-order chi connectivity index (χ0) is 41.3. The number of nitro benzene ring substituents is 1. The molecule has 0 amide bonds. The maximum absolute atomic E-state index is 12.3. The molecule has 17 nitrogen and oxygen atoms in total. The summed E-state index contributed by atoms with van der Waals surface area (Å²) in [7, 11) is -4.40. The second-order valence-electron chi connectivity index (χ2n) is 16.2. The van der Waals surface area contributed by atoms with E-state index in [2.05, 4.69) is 29.4 Å². The first-order valence-electron chi connectivity index (χ1n) is 20.2. The minimum atomic E-state index is -4.40. The van der Waals surface area contributed by atoms with Gasteiger partial charge in [-0.25, -0.2) is 0 Å². The molecule has 2 bridgehead atoms. The smallest absolute Gasteiger partial charge is 0.329 e. The second-order valence-corrected chi connectivity index (χ2v) is 17.9. The van der Waals surface area contributed by atoms with Crippen LogP contribution in [0, 0.1) is 10.1 Å². The molecule has 3 aliphatic heterocycles. The van der Waals surface area contributed by atoms with Gasteiger partial charge in [0, 0.05) is 123 Å². The Bertz CT molecular complexity index is 1630. The van der Waals surface area contributed by atoms with Crippen molar-refractivity contribution in [2.45, 2.75) is 77.6 Å². The molecule has 2 aromatic rings. The van der Waals surface area contributed by atoms with Gasteiger partial charge in [-0.2, -0.15) is 0 Å². The number of aliphatic hydroxyl groups excluding tert-OH is 3. The van der Waals surface area contributed by atoms with Gasteiger partial charge in [0.25, 0.3) is 0 Å². The SMILES string of the molecule is C[C@H](O)CN1CCN(Cc2cc(O[C@@H](C)CN3CCN(C[C@H](C)O)CCN4Cc5cccc([N+](=O)[O-])c5OC3C4)ccc2CP(=O)(O)O)CCN(C[C@H](C)O)CC1. The Morgan fingerprint density at radius 1 is 0.789 bits per heavy atom. The summed E-state index contributed by atoms with van der Waals surface area (Å²) in [5.41, 5.74) is 1.97. The van der Waals surface area contributed by atoms with Crippen LogP contribution >= 0.6 is 7.60 Å². The highest BCUT2D eigenvalue weighted by Gasteiger charge is 2.34. The number of hydrogen-bond donors (Lipinski definition) is 5. The van der Waals surface area contributed by atoms with Crippen LogP contribution in [0.5, 0.6) is 11.5 Å². The largest absolute Gasteiger partial charge is 0.489 e. The van der Waals surface area contributed by atoms with Crippen molar-refractivity contribution in [3.63, 3.8) is 0 Å². The fourth-order valence-electron chi connectivity index (χ4n) is 8.10. The minimum Gasteiger partial charge on any atom is -0.489 e. The predicted octanol–water partition coefficient (Wildman–Crippen LogP) is 1.44. The number of fused-ring (bicyclic) bond motifs is 3. The third-order valence-electron chi connectivity index (χ3n) is 10.7. The van der Waals surface area contributed by atoms with Gasteiger partial charge in [-0.15, -0.1) is 0 Å². The molecule has 0 aliphatic carbocycles. The number of β-amino-alcohol motifs (C(OH)–C–C–N with tert-alkyl or cyclic N) is 3. The number of nitro groups is 1. The average Bonchev–Trinajstić information content (AvgIpc) is 3.20. The van der Waals surface area contributed by atoms with Crippen molar-refractivity contribution in [3.05, 3.63) is 63.2 Å². The van der Waals surface area contributed by atoms with E-state index < -0.39 is 43.2 Å². The van der Waals surface area contributed by atoms with Crippen molar-refractivity contribution < 1.29 is 44.1 Å². The van der Waals surface area contributed by atoms with Crippen LogP contribution in [0.2, 0.25) is 0 Å². The van der Waals surface area contributed by atoms with Gasteiger partial charge in [0.15, 0.2) is 6.23 Å². The van der Waals surface area contributed by atoms with Crippen molar-refractivity contribution in [3.8, 4) is 11.5 Å². The molecular formula is C39H64N7O10P. The topological polar surface area (TPSA) is 199 Å². The lowest BCUT2D eigenvalue weighted by molar-refractivity contribution is -0.386. The quantitative estimate of drug-likeness (QED) is 0.0982. The molecule has 5 N–H and O–H groups in total. The summed E-state index contributed by atoms with van der Waals surface area (Å²) in [4.78, 5) is 45.0. The maximum Gasteiger partial charge on any atom is 0.329 e. The zero-order valence-electron chi connectivity index (χ0n) is 33.9. The molecule has 2 aromatic carbocycles. The van der Waals surface area contributed by atoms with E-state index >= 15 is 0 Å². The highest BCUT2D eigenvalue weighted by Crippen LogP contribution is 2.41. The molecule has 6 atom stereocenters. The molecule has 320 valence electrons. The fraction of sp³-hybridized carbons (Fsp3) is 0.692. The van der Waals surface area contributed by atoms with E-state index in [9.17, 15) is 39.8 Å². The first-order chi connectivity index (χ1) is 27.0. The van der Waals surface area contributed by atoms with Crippen LogP contribution in [0.3, 0.4) is 0 Å². The number of aliphatic hydroxyl groups is 3. The second kappa shape index (κ2) is 21.0. The molecule has 0 radical (unpaired) electrons. The van der Waals surface area contributed by atoms with Gasteiger partial charge in [0.05, 0.1) is 29.4 Å². The van der Waals surface area contributed by atoms with E-state index in [0.717, 1.165) is 30.8 Å². The Morgan fingerprint density at radius 3 is 1.91 bits per heavy atom. The molecule has 5 rings (SSSR count). The van der Waals surface area contributed by atoms with Crippen molar-refractivity contribution in [2.24, 2.45) is 0 Å². The zero-order valence-corrected chi connectivity index (χ0v) is 34.8. The number of para-hydroxylation sites is 1. The third-order valence-corrected chi connectivity index (χ3v) is 11.5. The summed E-state index contributed by atoms with van der Waals surface area (Å²) >= 11 is 0. The van der Waals surface area contributed by atoms with E-state index in [1.165, 1.54) is 6.07 Å². The lowest BCUT2D eigenvalue weighted by Gasteiger charge is -2.34. The minimum absolute atomic E-state index is 0.0682. The van der Waals surface area contributed by atoms with E-state index in [4.69, 9.17) is 9.47 Å². The number of rotatable bonds is 15. The highest BCUT2D eigenvalue weighted by molar-refractivity contribution is 7.50. The van der Waals surface area contributed by atoms with Gasteiger partial charge >= 0.3 is 13.3 Å². The van der Waals surface area contributed by atoms with Crippen molar-refractivity contribution in [1.29, 1.82) is 0 Å². The monoisotopic (exact) mass is 821 g/mol. The fourth-order valence-corrected chi connectivity index (χ4v) is 8.86. The van der Waals surface area contributed by atoms with E-state index in [0.29, 0.717) is 103 Å². The number of hydrogen-bond acceptors (Lipinski definition) is 14. The van der Waals surface area contributed by atoms with Crippen LogP contribution in [0.1, 0.15) is 44.4 Å². The van der Waals surface area contributed by atoms with Crippen molar-refractivity contribution >= 4 is 13.3 Å². The summed E-state index contributed by atoms with van der Waals surface area (Å²) in [5, 5.41) is 42.6. The van der Waals surface area contributed by atoms with Crippen molar-refractivity contribution in [2.75, 3.05) is 98.2 Å². The normalized spacial score (nSPS) is 23.5. The van der Waals surface area contributed by atoms with Crippen LogP contribution in [0.4, 0.5) is 5.69 Å². The van der Waals surface area contributed by atoms with Gasteiger partial charge in [0.2, 0.25) is 5.75 Å². The van der Waals surface area contributed by atoms with E-state index in [1.807, 2.05) is 19.1 Å². The molecule has 0 spiro atoms. The molecule has 3 aliphatic rings. The summed E-state index contributed by atoms with van der Waals surface area (Å²) in [5.74, 6) is 0.829. The Kier molecular flexibility index (Phi) is 16.7. The van der Waals surface area contributed by atoms with Crippen LogP contribution < -0.4 is 9.47 Å². The summed E-state index contributed by atoms with van der Waals surface area (Å²) in [6.45, 7) is 17.5. The first kappa shape index (κ1) is 45.3. The van der Waals surface area contributed by atoms with Crippen LogP contribution in [0.25, 0.3) is 0 Å². The Morgan fingerprint density at radius 2 is 1.35 bits per heavy atom. The summed E-state index contributed by atoms with van der Waals surface area (Å²) < 4.78 is 25.4. The Labute approximate surface area is 336 Å². The first-order valence-corrected chi connectivity index (χ1v) is 22.0. The molecule has 57 heavy (non-hydrogen) atoms. The molecule has 2 unspecified atom stereocenters. The Balaban J connectivity index is 1.37. The van der Waals surface area contributed by atoms with Crippen LogP contribution in [0.15, 0.2) is 36.4 Å². The van der Waals surface area contributed by atoms with E-state index in [1.54, 1.807) is 39.0 Å². The average molecular weight is 822 g/mol. The highest BCUT2D eigenvalue weighted by atomic mass is 31.2. The van der Waals surface area contributed by atoms with Gasteiger partial charge in [-0.05, 0) is 51.0 Å². The third kappa shape index (κ3) is 14.5. The van der Waals surface area contributed by atoms with Gasteiger partial charge in [0.1, 0.15) is 11.9 Å². The lowest BCUT2D eigenvalue weighted by Crippen LogP contribution is -2.50. The standard InChI is InChI=1S/C39H64N7O10P/c1-29(47)21-40-10-11-41(22-30(2)48)13-15-43(14-12-40)26-35-20-36(9-8-34(35)28-57(52,53)54)55-32(4)24-45-19-18-42(23-31(3)49)16-17-44-25-33-6-5-7-37(46(50)51)39(33)56-38(45)27-44/h5-9,20,29-32,38,47-49H,10-19,21-28H2,1-4H3,(H2,52,53,54)/t29-,30-,31-,32-,38?/m0/s1. The van der Waals surface area contributed by atoms with E-state index in [-0.39, 0.29) is 17.5 Å². The van der Waals surface area contributed by atoms with Crippen LogP contribution in [-0.2, 0) is 23.8 Å². The lowest BCUT2D eigenvalue weighted by atomic mass is 10.1. The number of ether oxygens (including phenoxy) is 2. The summed E-state index contributed by atoms with van der Waals surface area (Å²) in [6, 6.07) is 10.4. The molecule has 3 heterocycles. The number of nitrogens with zero attached hydrogens (tertiary/aromatic N) is 7. The van der Waals surface area contributed by atoms with Gasteiger partial charge < -0.3 is 34.6 Å². The summed E-state index contributed by atoms with van der Waals surface area (Å²) in [6.07, 6.45) is -2.80.